The van der Waals surface area contributed by atoms with Gasteiger partial charge in [-0.2, -0.15) is 10.5 Å². The summed E-state index contributed by atoms with van der Waals surface area (Å²) in [4.78, 5) is 12.4. The van der Waals surface area contributed by atoms with E-state index in [9.17, 15) is 4.79 Å². The summed E-state index contributed by atoms with van der Waals surface area (Å²) in [6, 6.07) is 21.2. The lowest BCUT2D eigenvalue weighted by molar-refractivity contribution is -0.115. The van der Waals surface area contributed by atoms with Crippen LogP contribution >= 0.6 is 11.6 Å². The van der Waals surface area contributed by atoms with E-state index in [0.717, 1.165) is 11.1 Å². The molecule has 0 unspecified atom stereocenters. The second kappa shape index (κ2) is 8.93. The van der Waals surface area contributed by atoms with E-state index in [1.807, 2.05) is 31.2 Å². The Morgan fingerprint density at radius 3 is 2.38 bits per heavy atom. The molecule has 1 amide bonds. The quantitative estimate of drug-likeness (QED) is 0.623. The minimum absolute atomic E-state index is 0.142. The maximum absolute atomic E-state index is 12.4. The van der Waals surface area contributed by atoms with E-state index >= 15 is 0 Å². The zero-order valence-corrected chi connectivity index (χ0v) is 16.3. The first kappa shape index (κ1) is 19.9. The van der Waals surface area contributed by atoms with E-state index in [1.165, 1.54) is 6.07 Å². The Hall–Kier alpha value is -3.80. The Bertz CT molecular complexity index is 1130. The van der Waals surface area contributed by atoms with Crippen molar-refractivity contribution in [3.63, 3.8) is 0 Å². The molecule has 0 spiro atoms. The summed E-state index contributed by atoms with van der Waals surface area (Å²) in [6.07, 6.45) is 0.142. The number of hydrogen-bond acceptors (Lipinski definition) is 4. The van der Waals surface area contributed by atoms with Crippen molar-refractivity contribution in [2.45, 2.75) is 13.3 Å². The molecule has 0 bridgehead atoms. The van der Waals surface area contributed by atoms with Gasteiger partial charge in [-0.05, 0) is 54.4 Å². The summed E-state index contributed by atoms with van der Waals surface area (Å²) in [7, 11) is 0. The van der Waals surface area contributed by atoms with Gasteiger partial charge in [0, 0.05) is 0 Å². The fraction of sp³-hybridized carbons (Fsp3) is 0.0870. The molecule has 0 aliphatic carbocycles. The highest BCUT2D eigenvalue weighted by atomic mass is 35.5. The molecule has 6 heteroatoms. The van der Waals surface area contributed by atoms with Gasteiger partial charge in [0.25, 0.3) is 0 Å². The molecule has 3 rings (SSSR count). The minimum Gasteiger partial charge on any atom is -0.457 e. The van der Waals surface area contributed by atoms with E-state index < -0.39 is 0 Å². The van der Waals surface area contributed by atoms with Crippen LogP contribution in [0.1, 0.15) is 22.3 Å². The molecular weight excluding hydrogens is 386 g/mol. The lowest BCUT2D eigenvalue weighted by Crippen LogP contribution is -2.14. The number of ether oxygens (including phenoxy) is 1. The van der Waals surface area contributed by atoms with Gasteiger partial charge in [0.05, 0.1) is 40.4 Å². The highest BCUT2D eigenvalue weighted by Crippen LogP contribution is 2.28. The van der Waals surface area contributed by atoms with Gasteiger partial charge in [-0.15, -0.1) is 0 Å². The Morgan fingerprint density at radius 2 is 1.72 bits per heavy atom. The van der Waals surface area contributed by atoms with E-state index in [1.54, 1.807) is 42.5 Å². The Labute approximate surface area is 173 Å². The monoisotopic (exact) mass is 401 g/mol. The van der Waals surface area contributed by atoms with Gasteiger partial charge in [-0.25, -0.2) is 0 Å². The van der Waals surface area contributed by atoms with Crippen LogP contribution in [0.4, 0.5) is 5.69 Å². The van der Waals surface area contributed by atoms with Crippen LogP contribution in [-0.4, -0.2) is 5.91 Å². The number of nitrogens with zero attached hydrogens (tertiary/aromatic N) is 2. The number of nitriles is 2. The Kier molecular flexibility index (Phi) is 6.14. The predicted molar refractivity (Wildman–Crippen MR) is 111 cm³/mol. The lowest BCUT2D eigenvalue weighted by atomic mass is 10.1. The molecule has 3 aromatic rings. The number of carbonyl (C=O) groups is 1. The van der Waals surface area contributed by atoms with Crippen LogP contribution in [0, 0.1) is 29.6 Å². The first-order valence-corrected chi connectivity index (χ1v) is 9.13. The largest absolute Gasteiger partial charge is 0.457 e. The molecule has 1 N–H and O–H groups in total. The normalized spacial score (nSPS) is 9.93. The summed E-state index contributed by atoms with van der Waals surface area (Å²) >= 11 is 6.08. The van der Waals surface area contributed by atoms with Crippen molar-refractivity contribution in [3.05, 3.63) is 87.9 Å². The van der Waals surface area contributed by atoms with Crippen LogP contribution in [0.5, 0.6) is 11.5 Å². The van der Waals surface area contributed by atoms with Crippen molar-refractivity contribution < 1.29 is 9.53 Å². The third-order valence-electron chi connectivity index (χ3n) is 4.16. The van der Waals surface area contributed by atoms with Gasteiger partial charge in [0.1, 0.15) is 11.5 Å². The molecule has 0 fully saturated rings. The average Bonchev–Trinajstić information content (AvgIpc) is 2.72. The highest BCUT2D eigenvalue weighted by molar-refractivity contribution is 6.33. The van der Waals surface area contributed by atoms with Crippen LogP contribution in [0.2, 0.25) is 5.02 Å². The topological polar surface area (TPSA) is 85.9 Å². The summed E-state index contributed by atoms with van der Waals surface area (Å²) in [6.45, 7) is 1.88. The smallest absolute Gasteiger partial charge is 0.228 e. The minimum atomic E-state index is -0.203. The predicted octanol–water partition coefficient (Wildman–Crippen LogP) is 5.37. The molecule has 29 heavy (non-hydrogen) atoms. The van der Waals surface area contributed by atoms with Gasteiger partial charge in [-0.1, -0.05) is 35.9 Å². The number of para-hydroxylation sites is 1. The molecule has 3 aromatic carbocycles. The zero-order chi connectivity index (χ0) is 20.8. The summed E-state index contributed by atoms with van der Waals surface area (Å²) in [5, 5.41) is 21.5. The molecule has 0 heterocycles. The fourth-order valence-electron chi connectivity index (χ4n) is 2.72. The first-order valence-electron chi connectivity index (χ1n) is 8.75. The summed E-state index contributed by atoms with van der Waals surface area (Å²) in [5.41, 5.74) is 2.85. The van der Waals surface area contributed by atoms with Gasteiger partial charge in [0.2, 0.25) is 5.91 Å². The van der Waals surface area contributed by atoms with Crippen LogP contribution < -0.4 is 10.1 Å². The average molecular weight is 402 g/mol. The van der Waals surface area contributed by atoms with Gasteiger partial charge >= 0.3 is 0 Å². The number of benzene rings is 3. The number of hydrogen-bond donors (Lipinski definition) is 1. The van der Waals surface area contributed by atoms with Gasteiger partial charge in [0.15, 0.2) is 0 Å². The number of nitrogens with one attached hydrogen (secondary N) is 1. The number of anilines is 1. The van der Waals surface area contributed by atoms with Crippen LogP contribution in [0.15, 0.2) is 60.7 Å². The Morgan fingerprint density at radius 1 is 1.03 bits per heavy atom. The highest BCUT2D eigenvalue weighted by Gasteiger charge is 2.10. The van der Waals surface area contributed by atoms with Crippen LogP contribution in [0.25, 0.3) is 0 Å². The molecule has 0 atom stereocenters. The molecule has 142 valence electrons. The molecule has 0 saturated carbocycles. The van der Waals surface area contributed by atoms with E-state index in [4.69, 9.17) is 26.9 Å². The summed E-state index contributed by atoms with van der Waals surface area (Å²) < 4.78 is 5.90. The first-order chi connectivity index (χ1) is 14.0. The zero-order valence-electron chi connectivity index (χ0n) is 15.6. The lowest BCUT2D eigenvalue weighted by Gasteiger charge is -2.12. The van der Waals surface area contributed by atoms with E-state index in [2.05, 4.69) is 5.32 Å². The maximum atomic E-state index is 12.4. The van der Waals surface area contributed by atoms with Crippen LogP contribution in [-0.2, 0) is 11.2 Å². The van der Waals surface area contributed by atoms with Crippen molar-refractivity contribution in [1.29, 1.82) is 10.5 Å². The third-order valence-corrected chi connectivity index (χ3v) is 4.49. The molecule has 0 saturated heterocycles. The van der Waals surface area contributed by atoms with Crippen molar-refractivity contribution in [3.8, 4) is 23.6 Å². The molecular formula is C23H16ClN3O2. The van der Waals surface area contributed by atoms with E-state index in [-0.39, 0.29) is 12.3 Å². The number of rotatable bonds is 5. The van der Waals surface area contributed by atoms with E-state index in [0.29, 0.717) is 33.3 Å². The van der Waals surface area contributed by atoms with Gasteiger partial charge in [-0.3, -0.25) is 4.79 Å². The summed E-state index contributed by atoms with van der Waals surface area (Å²) in [5.74, 6) is 0.736. The Balaban J connectivity index is 1.78. The number of halogens is 1. The number of amides is 1. The maximum Gasteiger partial charge on any atom is 0.228 e. The van der Waals surface area contributed by atoms with Crippen molar-refractivity contribution in [2.75, 3.05) is 5.32 Å². The van der Waals surface area contributed by atoms with Crippen molar-refractivity contribution >= 4 is 23.2 Å². The van der Waals surface area contributed by atoms with Crippen molar-refractivity contribution in [2.24, 2.45) is 0 Å². The van der Waals surface area contributed by atoms with Crippen LogP contribution in [0.3, 0.4) is 0 Å². The van der Waals surface area contributed by atoms with Gasteiger partial charge < -0.3 is 10.1 Å². The molecule has 5 nitrogen and oxygen atoms in total. The standard InChI is InChI=1S/C23H16ClN3O2/c1-15-6-7-16(12-23(28)27-21-5-3-2-4-20(21)24)11-22(15)29-19-9-17(13-25)8-18(10-19)14-26/h2-11H,12H2,1H3,(H,27,28). The molecule has 0 aliphatic heterocycles. The molecule has 0 radical (unpaired) electrons. The third kappa shape index (κ3) is 5.13. The van der Waals surface area contributed by atoms with Crippen molar-refractivity contribution in [1.82, 2.24) is 0 Å². The molecule has 0 aromatic heterocycles. The number of aryl methyl sites for hydroxylation is 1. The fourth-order valence-corrected chi connectivity index (χ4v) is 2.90. The molecule has 0 aliphatic rings. The second-order valence-electron chi connectivity index (χ2n) is 6.38. The number of carbonyl (C=O) groups excluding carboxylic acids is 1. The second-order valence-corrected chi connectivity index (χ2v) is 6.78. The SMILES string of the molecule is Cc1ccc(CC(=O)Nc2ccccc2Cl)cc1Oc1cc(C#N)cc(C#N)c1.